The van der Waals surface area contributed by atoms with Crippen molar-refractivity contribution >= 4 is 29.9 Å². The molecule has 1 saturated carbocycles. The lowest BCUT2D eigenvalue weighted by atomic mass is 9.93. The Morgan fingerprint density at radius 3 is 2.48 bits per heavy atom. The number of aliphatic carboxylic acids is 1. The van der Waals surface area contributed by atoms with E-state index in [9.17, 15) is 29.1 Å². The number of nitrogens with one attached hydrogen (secondary N) is 2. The van der Waals surface area contributed by atoms with Gasteiger partial charge in [-0.3, -0.25) is 9.59 Å². The fraction of sp³-hybridized carbons (Fsp3) is 0.639. The van der Waals surface area contributed by atoms with Crippen LogP contribution in [0.2, 0.25) is 0 Å². The molecular formula is C36H49N5O7. The number of ether oxygens (including phenoxy) is 1. The van der Waals surface area contributed by atoms with Crippen LogP contribution in [-0.2, 0) is 19.1 Å². The average molecular weight is 664 g/mol. The third-order valence-electron chi connectivity index (χ3n) is 10.7. The lowest BCUT2D eigenvalue weighted by Crippen LogP contribution is -2.58. The molecule has 1 aromatic carbocycles. The molecule has 0 radical (unpaired) electrons. The molecule has 3 saturated heterocycles. The van der Waals surface area contributed by atoms with Gasteiger partial charge in [0.05, 0.1) is 0 Å². The van der Waals surface area contributed by atoms with Crippen LogP contribution in [0.5, 0.6) is 0 Å². The van der Waals surface area contributed by atoms with Crippen LogP contribution in [0.4, 0.5) is 9.59 Å². The SMILES string of the molecule is CC(C)(C)OC(=O)N[C@@H]1CCCCC/C=C\[C@H]2C[C@@]2(C(=O)O)NC(=O)[C@@H]2[C@H]3CN(C(=O)N4CC[C@@H](c5ccccc5)C4)C[C@H]3CN2C1=O. The molecule has 5 aliphatic rings. The molecule has 0 bridgehead atoms. The Kier molecular flexibility index (Phi) is 9.46. The highest BCUT2D eigenvalue weighted by molar-refractivity contribution is 5.96. The van der Waals surface area contributed by atoms with Crippen molar-refractivity contribution in [2.45, 2.75) is 94.9 Å². The van der Waals surface area contributed by atoms with E-state index < -0.39 is 41.2 Å². The number of alkyl carbamates (subject to hydrolysis) is 1. The summed E-state index contributed by atoms with van der Waals surface area (Å²) >= 11 is 0. The fourth-order valence-corrected chi connectivity index (χ4v) is 8.11. The van der Waals surface area contributed by atoms with E-state index in [1.807, 2.05) is 35.3 Å². The van der Waals surface area contributed by atoms with Gasteiger partial charge in [-0.2, -0.15) is 0 Å². The van der Waals surface area contributed by atoms with Crippen LogP contribution in [0.3, 0.4) is 0 Å². The second-order valence-corrected chi connectivity index (χ2v) is 15.2. The summed E-state index contributed by atoms with van der Waals surface area (Å²) in [6.07, 6.45) is 7.81. The first kappa shape index (κ1) is 33.8. The van der Waals surface area contributed by atoms with Gasteiger partial charge in [-0.15, -0.1) is 0 Å². The van der Waals surface area contributed by atoms with E-state index in [-0.39, 0.29) is 55.1 Å². The largest absolute Gasteiger partial charge is 0.479 e. The molecule has 0 aromatic heterocycles. The van der Waals surface area contributed by atoms with Gasteiger partial charge >= 0.3 is 18.1 Å². The zero-order valence-electron chi connectivity index (χ0n) is 28.2. The van der Waals surface area contributed by atoms with E-state index in [1.165, 1.54) is 10.5 Å². The van der Waals surface area contributed by atoms with Gasteiger partial charge in [0, 0.05) is 56.4 Å². The van der Waals surface area contributed by atoms with Crippen molar-refractivity contribution in [3.05, 3.63) is 48.0 Å². The standard InChI is InChI=1S/C36H49N5O7/c1-35(2,3)48-33(46)37-28-15-11-6-4-5-10-14-26-18-36(26,32(44)45)38-30(42)29-27-22-40(20-25(27)21-41(29)31(28)43)34(47)39-17-16-24(19-39)23-12-8-7-9-13-23/h7-10,12-14,24-29H,4-6,11,15-22H2,1-3H3,(H,37,46)(H,38,42)(H,44,45)/b14-10-/t24-,25+,26+,27+,28-,29+,36-/m1/s1. The van der Waals surface area contributed by atoms with E-state index in [0.29, 0.717) is 32.5 Å². The Labute approximate surface area is 282 Å². The van der Waals surface area contributed by atoms with Crippen molar-refractivity contribution in [1.82, 2.24) is 25.3 Å². The molecule has 3 N–H and O–H groups in total. The molecule has 4 fully saturated rings. The molecule has 1 aliphatic carbocycles. The first-order valence-electron chi connectivity index (χ1n) is 17.5. The number of benzene rings is 1. The molecule has 7 atom stereocenters. The van der Waals surface area contributed by atoms with Crippen molar-refractivity contribution in [3.8, 4) is 0 Å². The summed E-state index contributed by atoms with van der Waals surface area (Å²) in [4.78, 5) is 72.8. The summed E-state index contributed by atoms with van der Waals surface area (Å²) in [6.45, 7) is 7.43. The number of rotatable bonds is 3. The maximum atomic E-state index is 14.3. The van der Waals surface area contributed by atoms with E-state index in [0.717, 1.165) is 25.7 Å². The summed E-state index contributed by atoms with van der Waals surface area (Å²) in [5, 5.41) is 15.8. The van der Waals surface area contributed by atoms with Gasteiger partial charge in [-0.25, -0.2) is 14.4 Å². The van der Waals surface area contributed by atoms with E-state index in [2.05, 4.69) is 22.8 Å². The van der Waals surface area contributed by atoms with Crippen molar-refractivity contribution in [2.24, 2.45) is 17.8 Å². The van der Waals surface area contributed by atoms with Gasteiger partial charge in [0.15, 0.2) is 0 Å². The topological polar surface area (TPSA) is 149 Å². The van der Waals surface area contributed by atoms with Gasteiger partial charge in [-0.05, 0) is 58.4 Å². The summed E-state index contributed by atoms with van der Waals surface area (Å²) in [5.74, 6) is -2.62. The molecule has 1 aromatic rings. The second-order valence-electron chi connectivity index (χ2n) is 15.2. The zero-order valence-corrected chi connectivity index (χ0v) is 28.2. The Morgan fingerprint density at radius 1 is 0.979 bits per heavy atom. The summed E-state index contributed by atoms with van der Waals surface area (Å²) in [5.41, 5.74) is -0.974. The Balaban J connectivity index is 1.23. The lowest BCUT2D eigenvalue weighted by Gasteiger charge is -2.33. The number of carbonyl (C=O) groups is 5. The summed E-state index contributed by atoms with van der Waals surface area (Å²) in [6, 6.07) is 8.22. The van der Waals surface area contributed by atoms with Crippen LogP contribution in [0.25, 0.3) is 0 Å². The van der Waals surface area contributed by atoms with Gasteiger partial charge in [0.1, 0.15) is 23.2 Å². The molecule has 0 spiro atoms. The monoisotopic (exact) mass is 663 g/mol. The molecule has 12 nitrogen and oxygen atoms in total. The first-order chi connectivity index (χ1) is 22.9. The quantitative estimate of drug-likeness (QED) is 0.418. The molecular weight excluding hydrogens is 614 g/mol. The minimum absolute atomic E-state index is 0.0721. The lowest BCUT2D eigenvalue weighted by molar-refractivity contribution is -0.146. The highest BCUT2D eigenvalue weighted by Gasteiger charge is 2.63. The highest BCUT2D eigenvalue weighted by Crippen LogP contribution is 2.46. The number of hydrogen-bond acceptors (Lipinski definition) is 6. The number of nitrogens with zero attached hydrogens (tertiary/aromatic N) is 3. The molecule has 12 heteroatoms. The predicted molar refractivity (Wildman–Crippen MR) is 177 cm³/mol. The number of carbonyl (C=O) groups excluding carboxylic acids is 4. The molecule has 4 aliphatic heterocycles. The Morgan fingerprint density at radius 2 is 1.75 bits per heavy atom. The minimum atomic E-state index is -1.43. The van der Waals surface area contributed by atoms with Crippen molar-refractivity contribution in [3.63, 3.8) is 0 Å². The molecule has 48 heavy (non-hydrogen) atoms. The number of carboxylic acid groups (broad SMARTS) is 1. The van der Waals surface area contributed by atoms with Crippen LogP contribution < -0.4 is 10.6 Å². The predicted octanol–water partition coefficient (Wildman–Crippen LogP) is 3.73. The van der Waals surface area contributed by atoms with Gasteiger partial charge in [0.2, 0.25) is 11.8 Å². The normalized spacial score (nSPS) is 33.0. The minimum Gasteiger partial charge on any atom is -0.479 e. The molecule has 4 heterocycles. The summed E-state index contributed by atoms with van der Waals surface area (Å²) in [7, 11) is 0. The second kappa shape index (κ2) is 13.4. The number of allylic oxidation sites excluding steroid dienone is 1. The number of urea groups is 1. The van der Waals surface area contributed by atoms with Crippen molar-refractivity contribution < 1.29 is 33.8 Å². The maximum absolute atomic E-state index is 14.3. The smallest absolute Gasteiger partial charge is 0.408 e. The third-order valence-corrected chi connectivity index (χ3v) is 10.7. The molecule has 260 valence electrons. The van der Waals surface area contributed by atoms with Crippen LogP contribution in [0.15, 0.2) is 42.5 Å². The number of fused-ring (bicyclic) bond motifs is 4. The van der Waals surface area contributed by atoms with Crippen LogP contribution in [-0.4, -0.2) is 106 Å². The van der Waals surface area contributed by atoms with Crippen LogP contribution >= 0.6 is 0 Å². The number of hydrogen-bond donors (Lipinski definition) is 3. The van der Waals surface area contributed by atoms with Crippen molar-refractivity contribution in [2.75, 3.05) is 32.7 Å². The fourth-order valence-electron chi connectivity index (χ4n) is 8.11. The summed E-state index contributed by atoms with van der Waals surface area (Å²) < 4.78 is 5.48. The number of amides is 5. The van der Waals surface area contributed by atoms with Gasteiger partial charge in [0.25, 0.3) is 0 Å². The molecule has 0 unspecified atom stereocenters. The van der Waals surface area contributed by atoms with E-state index >= 15 is 0 Å². The highest BCUT2D eigenvalue weighted by atomic mass is 16.6. The maximum Gasteiger partial charge on any atom is 0.408 e. The van der Waals surface area contributed by atoms with E-state index in [1.54, 1.807) is 25.7 Å². The van der Waals surface area contributed by atoms with Gasteiger partial charge in [-0.1, -0.05) is 55.3 Å². The number of likely N-dealkylation sites (tertiary alicyclic amines) is 2. The van der Waals surface area contributed by atoms with E-state index in [4.69, 9.17) is 4.74 Å². The molecule has 5 amide bonds. The zero-order chi connectivity index (χ0) is 34.2. The third kappa shape index (κ3) is 7.03. The Hall–Kier alpha value is -4.09. The van der Waals surface area contributed by atoms with Crippen LogP contribution in [0, 0.1) is 17.8 Å². The average Bonchev–Trinajstić information content (AvgIpc) is 3.37. The first-order valence-corrected chi connectivity index (χ1v) is 17.5. The van der Waals surface area contributed by atoms with Crippen molar-refractivity contribution in [1.29, 1.82) is 0 Å². The van der Waals surface area contributed by atoms with Gasteiger partial charge < -0.3 is 35.2 Å². The van der Waals surface area contributed by atoms with Crippen LogP contribution in [0.1, 0.15) is 77.2 Å². The Bertz CT molecular complexity index is 1440. The number of carboxylic acids is 1. The molecule has 6 rings (SSSR count).